The summed E-state index contributed by atoms with van der Waals surface area (Å²) in [7, 11) is 1.76. The zero-order valence-electron chi connectivity index (χ0n) is 17.1. The average Bonchev–Trinajstić information content (AvgIpc) is 3.18. The molecule has 0 spiro atoms. The second-order valence-corrected chi connectivity index (χ2v) is 7.45. The highest BCUT2D eigenvalue weighted by Gasteiger charge is 2.27. The van der Waals surface area contributed by atoms with Gasteiger partial charge in [-0.05, 0) is 49.4 Å². The molecule has 30 heavy (non-hydrogen) atoms. The summed E-state index contributed by atoms with van der Waals surface area (Å²) in [6.45, 7) is 1.36. The quantitative estimate of drug-likeness (QED) is 0.610. The monoisotopic (exact) mass is 404 g/mol. The smallest absolute Gasteiger partial charge is 0.361 e. The van der Waals surface area contributed by atoms with Crippen molar-refractivity contribution in [1.29, 1.82) is 0 Å². The summed E-state index contributed by atoms with van der Waals surface area (Å²) in [5.41, 5.74) is 3.75. The highest BCUT2D eigenvalue weighted by molar-refractivity contribution is 5.90. The number of aryl methyl sites for hydroxylation is 2. The van der Waals surface area contributed by atoms with Gasteiger partial charge < -0.3 is 9.64 Å². The molecule has 0 saturated carbocycles. The van der Waals surface area contributed by atoms with Gasteiger partial charge in [-0.2, -0.15) is 9.90 Å². The average molecular weight is 404 g/mol. The minimum Gasteiger partial charge on any atom is -0.451 e. The van der Waals surface area contributed by atoms with Crippen LogP contribution in [0.5, 0.6) is 0 Å². The Bertz CT molecular complexity index is 1060. The van der Waals surface area contributed by atoms with Crippen molar-refractivity contribution >= 4 is 11.9 Å². The molecule has 2 aromatic carbocycles. The van der Waals surface area contributed by atoms with Gasteiger partial charge in [0.15, 0.2) is 12.3 Å². The fourth-order valence-electron chi connectivity index (χ4n) is 3.85. The molecule has 0 N–H and O–H groups in total. The zero-order chi connectivity index (χ0) is 21.1. The molecule has 1 aliphatic rings. The van der Waals surface area contributed by atoms with Gasteiger partial charge in [-0.1, -0.05) is 42.5 Å². The third-order valence-electron chi connectivity index (χ3n) is 5.49. The fraction of sp³-hybridized carbons (Fsp3) is 0.304. The van der Waals surface area contributed by atoms with Gasteiger partial charge in [-0.15, -0.1) is 5.10 Å². The van der Waals surface area contributed by atoms with Gasteiger partial charge in [0.1, 0.15) is 0 Å². The number of benzene rings is 2. The topological polar surface area (TPSA) is 77.3 Å². The maximum Gasteiger partial charge on any atom is 0.361 e. The van der Waals surface area contributed by atoms with Gasteiger partial charge in [0.2, 0.25) is 0 Å². The maximum absolute atomic E-state index is 12.7. The molecule has 7 nitrogen and oxygen atoms in total. The van der Waals surface area contributed by atoms with Crippen molar-refractivity contribution in [1.82, 2.24) is 19.9 Å². The van der Waals surface area contributed by atoms with E-state index in [4.69, 9.17) is 4.74 Å². The van der Waals surface area contributed by atoms with E-state index in [0.717, 1.165) is 24.9 Å². The minimum atomic E-state index is -0.652. The van der Waals surface area contributed by atoms with Crippen LogP contribution in [-0.2, 0) is 16.0 Å². The Morgan fingerprint density at radius 2 is 1.83 bits per heavy atom. The van der Waals surface area contributed by atoms with Crippen LogP contribution in [0.4, 0.5) is 0 Å². The van der Waals surface area contributed by atoms with Crippen molar-refractivity contribution in [3.63, 3.8) is 0 Å². The Morgan fingerprint density at radius 3 is 2.63 bits per heavy atom. The van der Waals surface area contributed by atoms with E-state index in [2.05, 4.69) is 22.3 Å². The lowest BCUT2D eigenvalue weighted by Crippen LogP contribution is -2.36. The maximum atomic E-state index is 12.7. The predicted molar refractivity (Wildman–Crippen MR) is 111 cm³/mol. The number of ether oxygens (including phenoxy) is 1. The third-order valence-corrected chi connectivity index (χ3v) is 5.49. The van der Waals surface area contributed by atoms with Crippen LogP contribution in [-0.4, -0.2) is 45.4 Å². The molecule has 1 heterocycles. The summed E-state index contributed by atoms with van der Waals surface area (Å²) in [5, 5.41) is 8.50. The van der Waals surface area contributed by atoms with E-state index < -0.39 is 5.97 Å². The van der Waals surface area contributed by atoms with E-state index in [9.17, 15) is 9.59 Å². The Kier molecular flexibility index (Phi) is 5.61. The van der Waals surface area contributed by atoms with Crippen LogP contribution in [0.1, 0.15) is 46.2 Å². The van der Waals surface area contributed by atoms with Gasteiger partial charge in [0.25, 0.3) is 5.91 Å². The Balaban J connectivity index is 1.41. The lowest BCUT2D eigenvalue weighted by atomic mass is 9.87. The van der Waals surface area contributed by atoms with Crippen LogP contribution in [0.15, 0.2) is 54.6 Å². The second-order valence-electron chi connectivity index (χ2n) is 7.45. The Morgan fingerprint density at radius 1 is 1.10 bits per heavy atom. The number of aromatic nitrogens is 3. The standard InChI is InChI=1S/C23H24N4O3/c1-16-22(25-27(24-16)18-11-4-3-5-12-18)23(29)30-15-21(28)26(2)20-14-8-10-17-9-6-7-13-19(17)20/h3-7,9,11-13,20H,8,10,14-15H2,1-2H3/t20-/m0/s1. The van der Waals surface area contributed by atoms with E-state index in [0.29, 0.717) is 5.69 Å². The molecule has 1 aromatic heterocycles. The number of rotatable bonds is 5. The molecular weight excluding hydrogens is 380 g/mol. The SMILES string of the molecule is Cc1nn(-c2ccccc2)nc1C(=O)OCC(=O)N(C)[C@H]1CCCc2ccccc21. The summed E-state index contributed by atoms with van der Waals surface area (Å²) in [5.74, 6) is -0.890. The number of carbonyl (C=O) groups excluding carboxylic acids is 2. The molecule has 4 rings (SSSR count). The van der Waals surface area contributed by atoms with Crippen molar-refractivity contribution in [3.8, 4) is 5.69 Å². The molecule has 3 aromatic rings. The summed E-state index contributed by atoms with van der Waals surface area (Å²) in [6, 6.07) is 17.5. The van der Waals surface area contributed by atoms with Crippen molar-refractivity contribution in [3.05, 3.63) is 77.1 Å². The van der Waals surface area contributed by atoms with E-state index in [1.165, 1.54) is 15.9 Å². The van der Waals surface area contributed by atoms with Gasteiger partial charge in [0.05, 0.1) is 17.4 Å². The van der Waals surface area contributed by atoms with Gasteiger partial charge in [0, 0.05) is 7.05 Å². The molecule has 0 radical (unpaired) electrons. The molecular formula is C23H24N4O3. The zero-order valence-corrected chi connectivity index (χ0v) is 17.1. The third kappa shape index (κ3) is 3.96. The Hall–Kier alpha value is -3.48. The molecule has 0 unspecified atom stereocenters. The Labute approximate surface area is 175 Å². The number of para-hydroxylation sites is 1. The number of likely N-dealkylation sites (N-methyl/N-ethyl adjacent to an activating group) is 1. The normalized spacial score (nSPS) is 15.3. The van der Waals surface area contributed by atoms with Crippen LogP contribution in [0.3, 0.4) is 0 Å². The van der Waals surface area contributed by atoms with E-state index in [1.54, 1.807) is 18.9 Å². The van der Waals surface area contributed by atoms with Crippen molar-refractivity contribution in [2.45, 2.75) is 32.2 Å². The molecule has 0 aliphatic heterocycles. The van der Waals surface area contributed by atoms with Crippen molar-refractivity contribution in [2.24, 2.45) is 0 Å². The van der Waals surface area contributed by atoms with Crippen LogP contribution in [0.25, 0.3) is 5.69 Å². The second kappa shape index (κ2) is 8.49. The van der Waals surface area contributed by atoms with Crippen LogP contribution in [0, 0.1) is 6.92 Å². The fourth-order valence-corrected chi connectivity index (χ4v) is 3.85. The molecule has 7 heteroatoms. The number of hydrogen-bond acceptors (Lipinski definition) is 5. The molecule has 1 aliphatic carbocycles. The van der Waals surface area contributed by atoms with Crippen LogP contribution < -0.4 is 0 Å². The molecule has 1 atom stereocenters. The largest absolute Gasteiger partial charge is 0.451 e. The lowest BCUT2D eigenvalue weighted by Gasteiger charge is -2.33. The highest BCUT2D eigenvalue weighted by atomic mass is 16.5. The van der Waals surface area contributed by atoms with Crippen LogP contribution >= 0.6 is 0 Å². The first-order valence-electron chi connectivity index (χ1n) is 10.0. The van der Waals surface area contributed by atoms with Crippen LogP contribution in [0.2, 0.25) is 0 Å². The predicted octanol–water partition coefficient (Wildman–Crippen LogP) is 3.27. The number of amides is 1. The number of fused-ring (bicyclic) bond motifs is 1. The van der Waals surface area contributed by atoms with E-state index in [1.807, 2.05) is 42.5 Å². The first-order valence-corrected chi connectivity index (χ1v) is 10.0. The highest BCUT2D eigenvalue weighted by Crippen LogP contribution is 2.33. The molecule has 0 saturated heterocycles. The summed E-state index contributed by atoms with van der Waals surface area (Å²) < 4.78 is 5.27. The van der Waals surface area contributed by atoms with Gasteiger partial charge in [-0.25, -0.2) is 4.79 Å². The summed E-state index contributed by atoms with van der Waals surface area (Å²) in [4.78, 5) is 28.3. The lowest BCUT2D eigenvalue weighted by molar-refractivity contribution is -0.135. The molecule has 0 bridgehead atoms. The van der Waals surface area contributed by atoms with E-state index >= 15 is 0 Å². The van der Waals surface area contributed by atoms with Gasteiger partial charge in [-0.3, -0.25) is 4.79 Å². The minimum absolute atomic E-state index is 0.00171. The first-order chi connectivity index (χ1) is 14.5. The van der Waals surface area contributed by atoms with E-state index in [-0.39, 0.29) is 24.2 Å². The molecule has 0 fully saturated rings. The number of esters is 1. The molecule has 1 amide bonds. The summed E-state index contributed by atoms with van der Waals surface area (Å²) >= 11 is 0. The van der Waals surface area contributed by atoms with Gasteiger partial charge >= 0.3 is 5.97 Å². The summed E-state index contributed by atoms with van der Waals surface area (Å²) in [6.07, 6.45) is 2.96. The molecule has 154 valence electrons. The number of carbonyl (C=O) groups is 2. The van der Waals surface area contributed by atoms with Crippen molar-refractivity contribution < 1.29 is 14.3 Å². The number of nitrogens with zero attached hydrogens (tertiary/aromatic N) is 4. The van der Waals surface area contributed by atoms with Crippen molar-refractivity contribution in [2.75, 3.05) is 13.7 Å². The number of hydrogen-bond donors (Lipinski definition) is 0. The first kappa shape index (κ1) is 19.8.